The summed E-state index contributed by atoms with van der Waals surface area (Å²) in [4.78, 5) is 0. The van der Waals surface area contributed by atoms with Crippen molar-refractivity contribution in [2.75, 3.05) is 11.5 Å². The third-order valence-electron chi connectivity index (χ3n) is 2.58. The minimum absolute atomic E-state index is 0.211. The molecular formula is C10H21NOS. The second-order valence-corrected chi connectivity index (χ2v) is 5.64. The molecule has 3 heteroatoms. The molecule has 0 radical (unpaired) electrons. The summed E-state index contributed by atoms with van der Waals surface area (Å²) >= 11 is 0. The number of rotatable bonds is 7. The van der Waals surface area contributed by atoms with Gasteiger partial charge in [0, 0.05) is 28.3 Å². The SMILES string of the molecule is CCCCCS(=O)CC(N)C1CC1. The molecule has 1 fully saturated rings. The summed E-state index contributed by atoms with van der Waals surface area (Å²) in [6, 6.07) is 0.211. The first-order valence-electron chi connectivity index (χ1n) is 5.34. The van der Waals surface area contributed by atoms with Crippen molar-refractivity contribution in [1.82, 2.24) is 0 Å². The molecule has 2 unspecified atom stereocenters. The van der Waals surface area contributed by atoms with E-state index in [9.17, 15) is 4.21 Å². The molecule has 0 heterocycles. The highest BCUT2D eigenvalue weighted by molar-refractivity contribution is 7.85. The van der Waals surface area contributed by atoms with Crippen LogP contribution in [0, 0.1) is 5.92 Å². The van der Waals surface area contributed by atoms with Crippen LogP contribution in [0.2, 0.25) is 0 Å². The summed E-state index contributed by atoms with van der Waals surface area (Å²) < 4.78 is 11.5. The van der Waals surface area contributed by atoms with Gasteiger partial charge in [0.15, 0.2) is 0 Å². The molecule has 2 nitrogen and oxygen atoms in total. The van der Waals surface area contributed by atoms with Gasteiger partial charge in [-0.05, 0) is 25.2 Å². The maximum atomic E-state index is 11.5. The van der Waals surface area contributed by atoms with Crippen molar-refractivity contribution in [3.8, 4) is 0 Å². The lowest BCUT2D eigenvalue weighted by molar-refractivity contribution is 0.631. The van der Waals surface area contributed by atoms with Crippen LogP contribution >= 0.6 is 0 Å². The van der Waals surface area contributed by atoms with Gasteiger partial charge in [0.1, 0.15) is 0 Å². The zero-order valence-electron chi connectivity index (χ0n) is 8.50. The first-order chi connectivity index (χ1) is 6.24. The first kappa shape index (κ1) is 11.2. The predicted molar refractivity (Wildman–Crippen MR) is 58.1 cm³/mol. The van der Waals surface area contributed by atoms with Crippen LogP contribution in [0.15, 0.2) is 0 Å². The summed E-state index contributed by atoms with van der Waals surface area (Å²) in [5.74, 6) is 2.28. The highest BCUT2D eigenvalue weighted by Gasteiger charge is 2.29. The normalized spacial score (nSPS) is 21.4. The molecule has 0 aromatic rings. The average Bonchev–Trinajstić information content (AvgIpc) is 2.86. The lowest BCUT2D eigenvalue weighted by atomic mass is 10.2. The largest absolute Gasteiger partial charge is 0.327 e. The van der Waals surface area contributed by atoms with E-state index in [1.165, 1.54) is 25.7 Å². The van der Waals surface area contributed by atoms with Gasteiger partial charge in [0.05, 0.1) is 0 Å². The Labute approximate surface area is 83.7 Å². The van der Waals surface area contributed by atoms with Gasteiger partial charge in [-0.1, -0.05) is 19.8 Å². The van der Waals surface area contributed by atoms with E-state index in [0.29, 0.717) is 5.92 Å². The van der Waals surface area contributed by atoms with Crippen molar-refractivity contribution in [3.63, 3.8) is 0 Å². The molecule has 13 heavy (non-hydrogen) atoms. The Bertz CT molecular complexity index is 168. The fraction of sp³-hybridized carbons (Fsp3) is 1.00. The van der Waals surface area contributed by atoms with E-state index in [1.807, 2.05) is 0 Å². The molecule has 0 aliphatic heterocycles. The fourth-order valence-electron chi connectivity index (χ4n) is 1.47. The minimum atomic E-state index is -0.657. The summed E-state index contributed by atoms with van der Waals surface area (Å²) in [5, 5.41) is 0. The van der Waals surface area contributed by atoms with E-state index < -0.39 is 10.8 Å². The van der Waals surface area contributed by atoms with Gasteiger partial charge in [-0.15, -0.1) is 0 Å². The second-order valence-electron chi connectivity index (χ2n) is 4.02. The van der Waals surface area contributed by atoms with E-state index in [2.05, 4.69) is 6.92 Å². The van der Waals surface area contributed by atoms with E-state index in [-0.39, 0.29) is 6.04 Å². The van der Waals surface area contributed by atoms with Gasteiger partial charge in [0.2, 0.25) is 0 Å². The zero-order valence-corrected chi connectivity index (χ0v) is 9.31. The highest BCUT2D eigenvalue weighted by Crippen LogP contribution is 2.31. The molecule has 2 atom stereocenters. The predicted octanol–water partition coefficient (Wildman–Crippen LogP) is 1.66. The maximum Gasteiger partial charge on any atom is 0.0389 e. The summed E-state index contributed by atoms with van der Waals surface area (Å²) in [5.41, 5.74) is 5.89. The van der Waals surface area contributed by atoms with E-state index in [1.54, 1.807) is 0 Å². The Morgan fingerprint density at radius 3 is 2.69 bits per heavy atom. The molecular weight excluding hydrogens is 182 g/mol. The molecule has 1 rings (SSSR count). The molecule has 0 amide bonds. The van der Waals surface area contributed by atoms with Gasteiger partial charge < -0.3 is 5.73 Å². The van der Waals surface area contributed by atoms with Crippen LogP contribution in [0.25, 0.3) is 0 Å². The monoisotopic (exact) mass is 203 g/mol. The molecule has 0 aromatic heterocycles. The first-order valence-corrected chi connectivity index (χ1v) is 6.83. The summed E-state index contributed by atoms with van der Waals surface area (Å²) in [6.07, 6.45) is 6.01. The van der Waals surface area contributed by atoms with Crippen molar-refractivity contribution >= 4 is 10.8 Å². The minimum Gasteiger partial charge on any atom is -0.327 e. The van der Waals surface area contributed by atoms with Crippen LogP contribution < -0.4 is 5.73 Å². The van der Waals surface area contributed by atoms with Gasteiger partial charge in [-0.25, -0.2) is 0 Å². The topological polar surface area (TPSA) is 43.1 Å². The molecule has 0 aromatic carbocycles. The quantitative estimate of drug-likeness (QED) is 0.640. The molecule has 78 valence electrons. The number of unbranched alkanes of at least 4 members (excludes halogenated alkanes) is 2. The molecule has 2 N–H and O–H groups in total. The number of hydrogen-bond donors (Lipinski definition) is 1. The van der Waals surface area contributed by atoms with Gasteiger partial charge >= 0.3 is 0 Å². The zero-order chi connectivity index (χ0) is 9.68. The molecule has 0 saturated heterocycles. The van der Waals surface area contributed by atoms with Crippen LogP contribution in [-0.2, 0) is 10.8 Å². The fourth-order valence-corrected chi connectivity index (χ4v) is 2.87. The number of hydrogen-bond acceptors (Lipinski definition) is 2. The van der Waals surface area contributed by atoms with Gasteiger partial charge in [0.25, 0.3) is 0 Å². The smallest absolute Gasteiger partial charge is 0.0389 e. The van der Waals surface area contributed by atoms with Crippen LogP contribution in [-0.4, -0.2) is 21.8 Å². The lowest BCUT2D eigenvalue weighted by Crippen LogP contribution is -2.29. The lowest BCUT2D eigenvalue weighted by Gasteiger charge is -2.09. The van der Waals surface area contributed by atoms with Crippen molar-refractivity contribution in [2.45, 2.75) is 45.1 Å². The Morgan fingerprint density at radius 2 is 2.15 bits per heavy atom. The van der Waals surface area contributed by atoms with Crippen molar-refractivity contribution < 1.29 is 4.21 Å². The Hall–Kier alpha value is 0.110. The average molecular weight is 203 g/mol. The molecule has 1 saturated carbocycles. The van der Waals surface area contributed by atoms with Crippen molar-refractivity contribution in [2.24, 2.45) is 11.7 Å². The van der Waals surface area contributed by atoms with Gasteiger partial charge in [-0.2, -0.15) is 0 Å². The Balaban J connectivity index is 2.02. The Kier molecular flexibility index (Phi) is 4.96. The van der Waals surface area contributed by atoms with Crippen molar-refractivity contribution in [3.05, 3.63) is 0 Å². The van der Waals surface area contributed by atoms with Crippen LogP contribution in [0.5, 0.6) is 0 Å². The standard InChI is InChI=1S/C10H21NOS/c1-2-3-4-7-13(12)8-10(11)9-5-6-9/h9-10H,2-8,11H2,1H3. The molecule has 0 spiro atoms. The van der Waals surface area contributed by atoms with Crippen LogP contribution in [0.1, 0.15) is 39.0 Å². The second kappa shape index (κ2) is 5.76. The Morgan fingerprint density at radius 1 is 1.46 bits per heavy atom. The molecule has 1 aliphatic carbocycles. The maximum absolute atomic E-state index is 11.5. The highest BCUT2D eigenvalue weighted by atomic mass is 32.2. The van der Waals surface area contributed by atoms with E-state index >= 15 is 0 Å². The molecule has 0 bridgehead atoms. The van der Waals surface area contributed by atoms with Crippen LogP contribution in [0.4, 0.5) is 0 Å². The van der Waals surface area contributed by atoms with Crippen molar-refractivity contribution in [1.29, 1.82) is 0 Å². The number of nitrogens with two attached hydrogens (primary N) is 1. The van der Waals surface area contributed by atoms with E-state index in [4.69, 9.17) is 5.73 Å². The van der Waals surface area contributed by atoms with Crippen LogP contribution in [0.3, 0.4) is 0 Å². The third kappa shape index (κ3) is 4.77. The third-order valence-corrected chi connectivity index (χ3v) is 4.08. The summed E-state index contributed by atoms with van der Waals surface area (Å²) in [6.45, 7) is 2.17. The molecule has 1 aliphatic rings. The van der Waals surface area contributed by atoms with Gasteiger partial charge in [-0.3, -0.25) is 4.21 Å². The summed E-state index contributed by atoms with van der Waals surface area (Å²) in [7, 11) is -0.657. The van der Waals surface area contributed by atoms with E-state index in [0.717, 1.165) is 17.9 Å².